The van der Waals surface area contributed by atoms with Gasteiger partial charge in [-0.2, -0.15) is 18.3 Å². The first-order chi connectivity index (χ1) is 19.5. The van der Waals surface area contributed by atoms with Crippen LogP contribution >= 0.6 is 11.3 Å². The maximum Gasteiger partial charge on any atom is 0.416 e. The number of carbonyl (C=O) groups excluding carboxylic acids is 3. The van der Waals surface area contributed by atoms with Crippen molar-refractivity contribution in [2.24, 2.45) is 7.05 Å². The molecular weight excluding hydrogens is 553 g/mol. The van der Waals surface area contributed by atoms with E-state index < -0.39 is 35.5 Å². The summed E-state index contributed by atoms with van der Waals surface area (Å²) in [6.07, 6.45) is -2.45. The molecule has 1 N–H and O–H groups in total. The number of aryl methyl sites for hydroxylation is 3. The van der Waals surface area contributed by atoms with Crippen molar-refractivity contribution in [2.45, 2.75) is 38.9 Å². The van der Waals surface area contributed by atoms with Crippen LogP contribution in [-0.4, -0.2) is 45.0 Å². The number of carbonyl (C=O) groups is 3. The third kappa shape index (κ3) is 5.41. The molecule has 1 aliphatic rings. The monoisotopic (exact) mass is 580 g/mol. The van der Waals surface area contributed by atoms with Crippen molar-refractivity contribution in [3.63, 3.8) is 0 Å². The summed E-state index contributed by atoms with van der Waals surface area (Å²) in [7, 11) is 1.81. The van der Waals surface area contributed by atoms with Crippen LogP contribution in [0.25, 0.3) is 11.3 Å². The van der Waals surface area contributed by atoms with Crippen LogP contribution < -0.4 is 5.32 Å². The van der Waals surface area contributed by atoms with Crippen LogP contribution in [0.5, 0.6) is 0 Å². The number of hydrogen-bond acceptors (Lipinski definition) is 5. The maximum absolute atomic E-state index is 13.8. The van der Waals surface area contributed by atoms with Gasteiger partial charge >= 0.3 is 6.18 Å². The number of thiophene rings is 1. The van der Waals surface area contributed by atoms with Gasteiger partial charge in [-0.3, -0.25) is 24.0 Å². The summed E-state index contributed by atoms with van der Waals surface area (Å²) in [5, 5.41) is 7.12. The zero-order valence-corrected chi connectivity index (χ0v) is 23.4. The summed E-state index contributed by atoms with van der Waals surface area (Å²) in [6.45, 7) is 3.61. The normalized spacial score (nSPS) is 14.0. The fourth-order valence-electron chi connectivity index (χ4n) is 5.22. The van der Waals surface area contributed by atoms with Crippen LogP contribution in [-0.2, 0) is 26.1 Å². The molecule has 7 nitrogen and oxygen atoms in total. The molecule has 2 aromatic carbocycles. The Morgan fingerprint density at radius 3 is 2.24 bits per heavy atom. The minimum Gasteiger partial charge on any atom is -0.346 e. The van der Waals surface area contributed by atoms with Gasteiger partial charge in [0.1, 0.15) is 0 Å². The fraction of sp³-hybridized carbons (Fsp3) is 0.267. The van der Waals surface area contributed by atoms with E-state index in [1.54, 1.807) is 29.1 Å². The van der Waals surface area contributed by atoms with Crippen molar-refractivity contribution in [3.05, 3.63) is 98.4 Å². The summed E-state index contributed by atoms with van der Waals surface area (Å²) >= 11 is 1.29. The molecular formula is C30H27F3N4O3S. The lowest BCUT2D eigenvalue weighted by Crippen LogP contribution is -2.47. The first kappa shape index (κ1) is 28.3. The lowest BCUT2D eigenvalue weighted by molar-refractivity contribution is -0.138. The van der Waals surface area contributed by atoms with Gasteiger partial charge in [-0.05, 0) is 55.2 Å². The number of nitrogens with one attached hydrogen (secondary N) is 1. The second-order valence-corrected chi connectivity index (χ2v) is 11.0. The van der Waals surface area contributed by atoms with Gasteiger partial charge in [0.25, 0.3) is 17.7 Å². The van der Waals surface area contributed by atoms with Crippen LogP contribution in [0, 0.1) is 6.92 Å². The molecule has 0 bridgehead atoms. The van der Waals surface area contributed by atoms with Gasteiger partial charge in [-0.1, -0.05) is 37.3 Å². The maximum atomic E-state index is 13.8. The van der Waals surface area contributed by atoms with Crippen molar-refractivity contribution in [1.82, 2.24) is 20.0 Å². The average molecular weight is 581 g/mol. The number of fused-ring (bicyclic) bond motifs is 1. The number of imide groups is 1. The topological polar surface area (TPSA) is 84.3 Å². The predicted molar refractivity (Wildman–Crippen MR) is 149 cm³/mol. The second kappa shape index (κ2) is 11.0. The molecule has 1 unspecified atom stereocenters. The molecule has 0 radical (unpaired) electrons. The summed E-state index contributed by atoms with van der Waals surface area (Å²) in [6, 6.07) is 12.2. The largest absolute Gasteiger partial charge is 0.416 e. The van der Waals surface area contributed by atoms with Gasteiger partial charge in [-0.15, -0.1) is 11.3 Å². The average Bonchev–Trinajstić information content (AvgIpc) is 3.58. The van der Waals surface area contributed by atoms with E-state index in [1.807, 2.05) is 20.9 Å². The first-order valence-corrected chi connectivity index (χ1v) is 13.8. The number of benzene rings is 2. The van der Waals surface area contributed by atoms with Gasteiger partial charge in [-0.25, -0.2) is 0 Å². The Morgan fingerprint density at radius 2 is 1.66 bits per heavy atom. The van der Waals surface area contributed by atoms with Crippen LogP contribution in [0.2, 0.25) is 0 Å². The standard InChI is InChI=1S/C30H27F3N4O3S/c1-4-24-22(26-17(2)15-34-36(26)3)14-25(41-24)27(38)35-19(13-18-9-5-8-12-23(18)30(31,32)33)16-37-28(39)20-10-6-7-11-21(20)29(37)40/h5-12,14-15,19H,4,13,16H2,1-3H3,(H,35,38). The predicted octanol–water partition coefficient (Wildman–Crippen LogP) is 5.68. The number of alkyl halides is 3. The molecule has 3 heterocycles. The lowest BCUT2D eigenvalue weighted by Gasteiger charge is -2.25. The Bertz CT molecular complexity index is 1600. The van der Waals surface area contributed by atoms with E-state index in [0.717, 1.165) is 32.7 Å². The fourth-order valence-corrected chi connectivity index (χ4v) is 6.22. The van der Waals surface area contributed by atoms with E-state index in [4.69, 9.17) is 0 Å². The quantitative estimate of drug-likeness (QED) is 0.272. The highest BCUT2D eigenvalue weighted by atomic mass is 32.1. The Morgan fingerprint density at radius 1 is 1.02 bits per heavy atom. The number of aromatic nitrogens is 2. The molecule has 212 valence electrons. The summed E-state index contributed by atoms with van der Waals surface area (Å²) in [5.41, 5.74) is 2.24. The van der Waals surface area contributed by atoms with E-state index in [9.17, 15) is 27.6 Å². The molecule has 0 spiro atoms. The zero-order chi connectivity index (χ0) is 29.5. The minimum absolute atomic E-state index is 0.0477. The molecule has 1 atom stereocenters. The SMILES string of the molecule is CCc1sc(C(=O)NC(Cc2ccccc2C(F)(F)F)CN2C(=O)c3ccccc3C2=O)cc1-c1c(C)cnn1C. The Labute approximate surface area is 238 Å². The number of nitrogens with zero attached hydrogens (tertiary/aromatic N) is 3. The minimum atomic E-state index is -4.61. The highest BCUT2D eigenvalue weighted by molar-refractivity contribution is 7.14. The van der Waals surface area contributed by atoms with Crippen molar-refractivity contribution in [2.75, 3.05) is 6.54 Å². The lowest BCUT2D eigenvalue weighted by atomic mass is 9.99. The Balaban J connectivity index is 1.47. The van der Waals surface area contributed by atoms with Gasteiger partial charge in [0.15, 0.2) is 0 Å². The van der Waals surface area contributed by atoms with Crippen LogP contribution in [0.15, 0.2) is 60.8 Å². The highest BCUT2D eigenvalue weighted by Gasteiger charge is 2.38. The molecule has 1 aliphatic heterocycles. The number of halogens is 3. The van der Waals surface area contributed by atoms with Gasteiger partial charge < -0.3 is 5.32 Å². The highest BCUT2D eigenvalue weighted by Crippen LogP contribution is 2.35. The Kier molecular flexibility index (Phi) is 7.56. The zero-order valence-electron chi connectivity index (χ0n) is 22.6. The summed E-state index contributed by atoms with van der Waals surface area (Å²) in [4.78, 5) is 42.0. The van der Waals surface area contributed by atoms with Crippen molar-refractivity contribution >= 4 is 29.1 Å². The van der Waals surface area contributed by atoms with E-state index in [1.165, 1.54) is 41.7 Å². The molecule has 41 heavy (non-hydrogen) atoms. The molecule has 0 fully saturated rings. The molecule has 3 amide bonds. The van der Waals surface area contributed by atoms with Gasteiger partial charge in [0, 0.05) is 24.0 Å². The molecule has 11 heteroatoms. The molecule has 2 aromatic heterocycles. The van der Waals surface area contributed by atoms with Crippen molar-refractivity contribution in [1.29, 1.82) is 0 Å². The van der Waals surface area contributed by atoms with Gasteiger partial charge in [0.2, 0.25) is 0 Å². The van der Waals surface area contributed by atoms with Crippen LogP contribution in [0.4, 0.5) is 13.2 Å². The number of amides is 3. The summed E-state index contributed by atoms with van der Waals surface area (Å²) in [5.74, 6) is -1.60. The number of rotatable bonds is 8. The van der Waals surface area contributed by atoms with E-state index in [0.29, 0.717) is 11.3 Å². The second-order valence-electron chi connectivity index (χ2n) is 9.90. The Hall–Kier alpha value is -4.25. The van der Waals surface area contributed by atoms with Crippen LogP contribution in [0.1, 0.15) is 58.9 Å². The first-order valence-electron chi connectivity index (χ1n) is 13.0. The van der Waals surface area contributed by atoms with Crippen LogP contribution in [0.3, 0.4) is 0 Å². The van der Waals surface area contributed by atoms with E-state index in [2.05, 4.69) is 10.4 Å². The molecule has 0 aliphatic carbocycles. The third-order valence-corrected chi connectivity index (χ3v) is 8.41. The van der Waals surface area contributed by atoms with Crippen molar-refractivity contribution in [3.8, 4) is 11.3 Å². The third-order valence-electron chi connectivity index (χ3n) is 7.14. The van der Waals surface area contributed by atoms with E-state index in [-0.39, 0.29) is 29.7 Å². The van der Waals surface area contributed by atoms with Gasteiger partial charge in [0.05, 0.1) is 39.5 Å². The smallest absolute Gasteiger partial charge is 0.346 e. The molecule has 0 saturated carbocycles. The van der Waals surface area contributed by atoms with E-state index >= 15 is 0 Å². The number of hydrogen-bond donors (Lipinski definition) is 1. The van der Waals surface area contributed by atoms with Crippen molar-refractivity contribution < 1.29 is 27.6 Å². The molecule has 5 rings (SSSR count). The summed E-state index contributed by atoms with van der Waals surface area (Å²) < 4.78 is 43.2. The molecule has 0 saturated heterocycles. The molecule has 4 aromatic rings.